The van der Waals surface area contributed by atoms with Gasteiger partial charge in [0.2, 0.25) is 0 Å². The summed E-state index contributed by atoms with van der Waals surface area (Å²) in [6, 6.07) is 5.58. The molecule has 1 aliphatic heterocycles. The van der Waals surface area contributed by atoms with Crippen LogP contribution < -0.4 is 10.6 Å². The van der Waals surface area contributed by atoms with Gasteiger partial charge in [0, 0.05) is 19.5 Å². The van der Waals surface area contributed by atoms with E-state index in [-0.39, 0.29) is 31.1 Å². The highest BCUT2D eigenvalue weighted by molar-refractivity contribution is 6.07. The van der Waals surface area contributed by atoms with E-state index in [1.807, 2.05) is 0 Å². The molecule has 162 valence electrons. The summed E-state index contributed by atoms with van der Waals surface area (Å²) < 4.78 is 17.8. The molecule has 2 N–H and O–H groups in total. The van der Waals surface area contributed by atoms with Gasteiger partial charge in [-0.1, -0.05) is 25.0 Å². The molecule has 1 aromatic carbocycles. The van der Waals surface area contributed by atoms with Crippen LogP contribution in [0, 0.1) is 5.82 Å². The predicted octanol–water partition coefficient (Wildman–Crippen LogP) is 1.67. The maximum absolute atomic E-state index is 12.8. The molecule has 1 saturated heterocycles. The van der Waals surface area contributed by atoms with Crippen LogP contribution in [0.5, 0.6) is 0 Å². The van der Waals surface area contributed by atoms with Gasteiger partial charge in [0.05, 0.1) is 0 Å². The highest BCUT2D eigenvalue weighted by atomic mass is 19.1. The van der Waals surface area contributed by atoms with Gasteiger partial charge in [-0.3, -0.25) is 19.3 Å². The number of hydrogen-bond donors (Lipinski definition) is 2. The Hall–Kier alpha value is -2.97. The highest BCUT2D eigenvalue weighted by Gasteiger charge is 2.52. The van der Waals surface area contributed by atoms with Gasteiger partial charge < -0.3 is 15.4 Å². The molecule has 0 aromatic heterocycles. The molecule has 1 heterocycles. The second kappa shape index (κ2) is 9.69. The molecular weight excluding hydrogens is 393 g/mol. The summed E-state index contributed by atoms with van der Waals surface area (Å²) in [7, 11) is 0. The molecule has 1 saturated carbocycles. The van der Waals surface area contributed by atoms with Gasteiger partial charge >= 0.3 is 12.0 Å². The summed E-state index contributed by atoms with van der Waals surface area (Å²) in [4.78, 5) is 49.3. The number of hydrogen-bond acceptors (Lipinski definition) is 5. The van der Waals surface area contributed by atoms with Crippen molar-refractivity contribution in [1.82, 2.24) is 15.5 Å². The summed E-state index contributed by atoms with van der Waals surface area (Å²) in [6.07, 6.45) is 3.97. The van der Waals surface area contributed by atoms with E-state index in [2.05, 4.69) is 10.6 Å². The van der Waals surface area contributed by atoms with Crippen LogP contribution in [-0.4, -0.2) is 54.0 Å². The lowest BCUT2D eigenvalue weighted by Crippen LogP contribution is -2.44. The van der Waals surface area contributed by atoms with Crippen LogP contribution in [0.2, 0.25) is 0 Å². The first kappa shape index (κ1) is 21.7. The molecule has 3 rings (SSSR count). The Morgan fingerprint density at radius 3 is 2.57 bits per heavy atom. The molecule has 8 nitrogen and oxygen atoms in total. The first-order valence-electron chi connectivity index (χ1n) is 10.2. The van der Waals surface area contributed by atoms with E-state index >= 15 is 0 Å². The number of amides is 4. The Bertz CT molecular complexity index is 805. The van der Waals surface area contributed by atoms with E-state index in [1.165, 1.54) is 17.0 Å². The number of esters is 1. The Labute approximate surface area is 174 Å². The molecule has 1 aromatic rings. The van der Waals surface area contributed by atoms with Gasteiger partial charge in [0.1, 0.15) is 11.4 Å². The van der Waals surface area contributed by atoms with Gasteiger partial charge in [-0.25, -0.2) is 9.18 Å². The largest absolute Gasteiger partial charge is 0.456 e. The topological polar surface area (TPSA) is 105 Å². The SMILES string of the molecule is O=C(COC(=O)CCCN1C(=O)NC2(CCCC2)C1=O)NCCc1ccc(F)cc1. The number of rotatable bonds is 9. The smallest absolute Gasteiger partial charge is 0.325 e. The number of imide groups is 1. The summed E-state index contributed by atoms with van der Waals surface area (Å²) in [5.74, 6) is -1.52. The third-order valence-corrected chi connectivity index (χ3v) is 5.48. The Balaban J connectivity index is 1.29. The summed E-state index contributed by atoms with van der Waals surface area (Å²) in [6.45, 7) is 0.0931. The minimum absolute atomic E-state index is 0.00686. The fourth-order valence-electron chi connectivity index (χ4n) is 3.84. The monoisotopic (exact) mass is 419 g/mol. The first-order valence-corrected chi connectivity index (χ1v) is 10.2. The lowest BCUT2D eigenvalue weighted by Gasteiger charge is -2.19. The molecular formula is C21H26FN3O5. The first-order chi connectivity index (χ1) is 14.4. The van der Waals surface area contributed by atoms with E-state index in [9.17, 15) is 23.6 Å². The predicted molar refractivity (Wildman–Crippen MR) is 105 cm³/mol. The number of nitrogens with zero attached hydrogens (tertiary/aromatic N) is 1. The summed E-state index contributed by atoms with van der Waals surface area (Å²) in [5.41, 5.74) is 0.137. The molecule has 0 bridgehead atoms. The molecule has 2 fully saturated rings. The molecule has 1 spiro atoms. The highest BCUT2D eigenvalue weighted by Crippen LogP contribution is 2.35. The maximum Gasteiger partial charge on any atom is 0.325 e. The number of carbonyl (C=O) groups excluding carboxylic acids is 4. The summed E-state index contributed by atoms with van der Waals surface area (Å²) >= 11 is 0. The lowest BCUT2D eigenvalue weighted by molar-refractivity contribution is -0.148. The van der Waals surface area contributed by atoms with Gasteiger partial charge in [-0.15, -0.1) is 0 Å². The standard InChI is InChI=1S/C21H26FN3O5/c22-16-7-5-15(6-8-16)9-12-23-17(26)14-30-18(27)4-3-13-25-19(28)21(24-20(25)29)10-1-2-11-21/h5-8H,1-4,9-14H2,(H,23,26)(H,24,29). The van der Waals surface area contributed by atoms with Crippen LogP contribution in [0.4, 0.5) is 9.18 Å². The second-order valence-electron chi connectivity index (χ2n) is 7.67. The molecule has 0 unspecified atom stereocenters. The van der Waals surface area contributed by atoms with Crippen LogP contribution in [0.3, 0.4) is 0 Å². The molecule has 9 heteroatoms. The van der Waals surface area contributed by atoms with Gasteiger partial charge in [-0.2, -0.15) is 0 Å². The van der Waals surface area contributed by atoms with E-state index in [4.69, 9.17) is 4.74 Å². The average Bonchev–Trinajstić information content (AvgIpc) is 3.28. The number of halogens is 1. The van der Waals surface area contributed by atoms with E-state index in [0.717, 1.165) is 18.4 Å². The number of benzene rings is 1. The van der Waals surface area contributed by atoms with Gasteiger partial charge in [0.15, 0.2) is 6.61 Å². The van der Waals surface area contributed by atoms with Gasteiger partial charge in [-0.05, 0) is 43.4 Å². The zero-order valence-electron chi connectivity index (χ0n) is 16.7. The number of carbonyl (C=O) groups is 4. The van der Waals surface area contributed by atoms with Crippen molar-refractivity contribution in [3.8, 4) is 0 Å². The Kier molecular flexibility index (Phi) is 7.02. The minimum Gasteiger partial charge on any atom is -0.456 e. The Morgan fingerprint density at radius 2 is 1.87 bits per heavy atom. The van der Waals surface area contributed by atoms with Gasteiger partial charge in [0.25, 0.3) is 11.8 Å². The average molecular weight is 419 g/mol. The lowest BCUT2D eigenvalue weighted by atomic mass is 9.98. The molecule has 0 radical (unpaired) electrons. The minimum atomic E-state index is -0.746. The molecule has 0 atom stereocenters. The molecule has 1 aliphatic carbocycles. The van der Waals surface area contributed by atoms with Crippen molar-refractivity contribution in [3.05, 3.63) is 35.6 Å². The van der Waals surface area contributed by atoms with Crippen LogP contribution in [0.15, 0.2) is 24.3 Å². The van der Waals surface area contributed by atoms with E-state index < -0.39 is 30.1 Å². The molecule has 30 heavy (non-hydrogen) atoms. The number of urea groups is 1. The van der Waals surface area contributed by atoms with Crippen molar-refractivity contribution < 1.29 is 28.3 Å². The fourth-order valence-corrected chi connectivity index (χ4v) is 3.84. The number of ether oxygens (including phenoxy) is 1. The number of nitrogens with one attached hydrogen (secondary N) is 2. The maximum atomic E-state index is 12.8. The van der Waals surface area contributed by atoms with Crippen molar-refractivity contribution in [2.75, 3.05) is 19.7 Å². The van der Waals surface area contributed by atoms with Crippen LogP contribution in [0.1, 0.15) is 44.1 Å². The quantitative estimate of drug-likeness (QED) is 0.468. The van der Waals surface area contributed by atoms with Crippen molar-refractivity contribution in [2.45, 2.75) is 50.5 Å². The van der Waals surface area contributed by atoms with Crippen molar-refractivity contribution in [2.24, 2.45) is 0 Å². The van der Waals surface area contributed by atoms with Crippen LogP contribution in [-0.2, 0) is 25.5 Å². The second-order valence-corrected chi connectivity index (χ2v) is 7.67. The van der Waals surface area contributed by atoms with Crippen LogP contribution >= 0.6 is 0 Å². The van der Waals surface area contributed by atoms with Crippen molar-refractivity contribution in [3.63, 3.8) is 0 Å². The summed E-state index contributed by atoms with van der Waals surface area (Å²) in [5, 5.41) is 5.42. The van der Waals surface area contributed by atoms with Crippen molar-refractivity contribution in [1.29, 1.82) is 0 Å². The van der Waals surface area contributed by atoms with E-state index in [0.29, 0.717) is 25.8 Å². The molecule has 4 amide bonds. The zero-order valence-corrected chi connectivity index (χ0v) is 16.7. The normalized spacial score (nSPS) is 17.3. The van der Waals surface area contributed by atoms with Crippen molar-refractivity contribution >= 4 is 23.8 Å². The third kappa shape index (κ3) is 5.34. The third-order valence-electron chi connectivity index (χ3n) is 5.48. The Morgan fingerprint density at radius 1 is 1.17 bits per heavy atom. The van der Waals surface area contributed by atoms with Crippen LogP contribution in [0.25, 0.3) is 0 Å². The van der Waals surface area contributed by atoms with E-state index in [1.54, 1.807) is 12.1 Å². The molecule has 2 aliphatic rings. The zero-order chi connectivity index (χ0) is 21.6. The fraction of sp³-hybridized carbons (Fsp3) is 0.524.